The molecule has 154 valence electrons. The molecule has 1 aromatic carbocycles. The van der Waals surface area contributed by atoms with Gasteiger partial charge >= 0.3 is 5.97 Å². The number of carbonyl (C=O) groups excluding carboxylic acids is 2. The Morgan fingerprint density at radius 1 is 1.18 bits per heavy atom. The molecule has 0 aromatic heterocycles. The van der Waals surface area contributed by atoms with E-state index in [1.807, 2.05) is 6.07 Å². The Morgan fingerprint density at radius 3 is 2.32 bits per heavy atom. The lowest BCUT2D eigenvalue weighted by atomic mass is 9.90. The highest BCUT2D eigenvalue weighted by Gasteiger charge is 2.34. The summed E-state index contributed by atoms with van der Waals surface area (Å²) < 4.78 is 10.7. The summed E-state index contributed by atoms with van der Waals surface area (Å²) in [6.45, 7) is 5.48. The number of fused-ring (bicyclic) bond motifs is 1. The number of carboxylic acids is 1. The Morgan fingerprint density at radius 2 is 1.79 bits per heavy atom. The third kappa shape index (κ3) is 4.74. The van der Waals surface area contributed by atoms with Gasteiger partial charge < -0.3 is 24.8 Å². The summed E-state index contributed by atoms with van der Waals surface area (Å²) in [5, 5.41) is 12.0. The minimum Gasteiger partial charge on any atom is -0.493 e. The van der Waals surface area contributed by atoms with Crippen LogP contribution in [-0.4, -0.2) is 55.1 Å². The van der Waals surface area contributed by atoms with Crippen molar-refractivity contribution in [2.75, 3.05) is 27.3 Å². The predicted octanol–water partition coefficient (Wildman–Crippen LogP) is 1.77. The number of carbonyl (C=O) groups is 3. The number of amides is 2. The summed E-state index contributed by atoms with van der Waals surface area (Å²) in [4.78, 5) is 37.8. The second kappa shape index (κ2) is 8.50. The molecular weight excluding hydrogens is 364 g/mol. The highest BCUT2D eigenvalue weighted by molar-refractivity contribution is 5.87. The molecule has 0 spiro atoms. The lowest BCUT2D eigenvalue weighted by Gasteiger charge is -2.37. The molecular formula is C20H28N2O6. The molecule has 0 fully saturated rings. The number of ether oxygens (including phenoxy) is 2. The Bertz CT molecular complexity index is 769. The summed E-state index contributed by atoms with van der Waals surface area (Å²) >= 11 is 0. The summed E-state index contributed by atoms with van der Waals surface area (Å²) in [7, 11) is 3.04. The summed E-state index contributed by atoms with van der Waals surface area (Å²) in [5.41, 5.74) is 1.03. The van der Waals surface area contributed by atoms with Gasteiger partial charge in [-0.1, -0.05) is 20.8 Å². The third-order valence-corrected chi connectivity index (χ3v) is 4.77. The Kier molecular flexibility index (Phi) is 6.53. The van der Waals surface area contributed by atoms with Gasteiger partial charge in [0.2, 0.25) is 11.8 Å². The number of hydrogen-bond acceptors (Lipinski definition) is 5. The molecule has 1 aliphatic rings. The van der Waals surface area contributed by atoms with Crippen molar-refractivity contribution in [3.8, 4) is 11.5 Å². The van der Waals surface area contributed by atoms with Gasteiger partial charge in [-0.25, -0.2) is 0 Å². The van der Waals surface area contributed by atoms with Gasteiger partial charge in [-0.3, -0.25) is 14.4 Å². The van der Waals surface area contributed by atoms with Crippen molar-refractivity contribution in [2.45, 2.75) is 39.7 Å². The quantitative estimate of drug-likeness (QED) is 0.764. The van der Waals surface area contributed by atoms with Crippen molar-refractivity contribution in [2.24, 2.45) is 5.41 Å². The number of nitrogens with one attached hydrogen (secondary N) is 1. The molecule has 0 aliphatic carbocycles. The van der Waals surface area contributed by atoms with Gasteiger partial charge in [-0.2, -0.15) is 0 Å². The Balaban J connectivity index is 2.30. The molecule has 0 saturated heterocycles. The van der Waals surface area contributed by atoms with Crippen LogP contribution in [0.1, 0.15) is 44.4 Å². The number of rotatable bonds is 6. The molecule has 2 N–H and O–H groups in total. The van der Waals surface area contributed by atoms with Crippen LogP contribution in [0.5, 0.6) is 11.5 Å². The lowest BCUT2D eigenvalue weighted by molar-refractivity contribution is -0.142. The zero-order chi connectivity index (χ0) is 21.1. The number of aliphatic carboxylic acids is 1. The normalized spacial score (nSPS) is 16.2. The van der Waals surface area contributed by atoms with E-state index in [-0.39, 0.29) is 24.8 Å². The van der Waals surface area contributed by atoms with Gasteiger partial charge in [-0.05, 0) is 29.7 Å². The van der Waals surface area contributed by atoms with Crippen molar-refractivity contribution in [1.82, 2.24) is 10.2 Å². The summed E-state index contributed by atoms with van der Waals surface area (Å²) in [6.07, 6.45) is 0.326. The van der Waals surface area contributed by atoms with Crippen molar-refractivity contribution in [3.05, 3.63) is 23.3 Å². The summed E-state index contributed by atoms with van der Waals surface area (Å²) in [6, 6.07) is 2.92. The highest BCUT2D eigenvalue weighted by Crippen LogP contribution is 2.39. The number of hydrogen-bond donors (Lipinski definition) is 2. The van der Waals surface area contributed by atoms with E-state index >= 15 is 0 Å². The standard InChI is InChI=1S/C20H28N2O6/c1-20(2,3)19(26)21-11-17(23)22-7-6-12-8-15(27-4)16(28-5)9-13(12)14(22)10-18(24)25/h8-9,14H,6-7,10-11H2,1-5H3,(H,21,26)(H,24,25). The molecule has 2 amide bonds. The zero-order valence-corrected chi connectivity index (χ0v) is 17.0. The topological polar surface area (TPSA) is 105 Å². The van der Waals surface area contributed by atoms with E-state index < -0.39 is 17.4 Å². The van der Waals surface area contributed by atoms with E-state index in [1.54, 1.807) is 26.8 Å². The minimum atomic E-state index is -1.01. The summed E-state index contributed by atoms with van der Waals surface area (Å²) in [5.74, 6) is -0.521. The van der Waals surface area contributed by atoms with Crippen molar-refractivity contribution in [1.29, 1.82) is 0 Å². The number of nitrogens with zero attached hydrogens (tertiary/aromatic N) is 1. The molecule has 8 heteroatoms. The van der Waals surface area contributed by atoms with Crippen molar-refractivity contribution < 1.29 is 29.0 Å². The van der Waals surface area contributed by atoms with E-state index in [4.69, 9.17) is 9.47 Å². The molecule has 0 radical (unpaired) electrons. The smallest absolute Gasteiger partial charge is 0.305 e. The molecule has 2 rings (SSSR count). The van der Waals surface area contributed by atoms with Crippen LogP contribution in [0.2, 0.25) is 0 Å². The van der Waals surface area contributed by atoms with Gasteiger partial charge in [0.15, 0.2) is 11.5 Å². The molecule has 0 saturated carbocycles. The molecule has 1 heterocycles. The van der Waals surface area contributed by atoms with Crippen LogP contribution in [0.4, 0.5) is 0 Å². The van der Waals surface area contributed by atoms with E-state index in [1.165, 1.54) is 19.1 Å². The lowest BCUT2D eigenvalue weighted by Crippen LogP contribution is -2.47. The second-order valence-electron chi connectivity index (χ2n) is 7.79. The first kappa shape index (κ1) is 21.5. The maximum absolute atomic E-state index is 12.8. The van der Waals surface area contributed by atoms with Gasteiger partial charge in [0.05, 0.1) is 33.2 Å². The molecule has 8 nitrogen and oxygen atoms in total. The first-order chi connectivity index (χ1) is 13.1. The predicted molar refractivity (Wildman–Crippen MR) is 102 cm³/mol. The fraction of sp³-hybridized carbons (Fsp3) is 0.550. The fourth-order valence-electron chi connectivity index (χ4n) is 3.23. The molecule has 1 aliphatic heterocycles. The van der Waals surface area contributed by atoms with E-state index in [0.717, 1.165) is 11.1 Å². The van der Waals surface area contributed by atoms with Crippen LogP contribution >= 0.6 is 0 Å². The maximum Gasteiger partial charge on any atom is 0.305 e. The van der Waals surface area contributed by atoms with Crippen LogP contribution in [0.25, 0.3) is 0 Å². The maximum atomic E-state index is 12.8. The Labute approximate surface area is 164 Å². The highest BCUT2D eigenvalue weighted by atomic mass is 16.5. The van der Waals surface area contributed by atoms with E-state index in [9.17, 15) is 19.5 Å². The largest absolute Gasteiger partial charge is 0.493 e. The van der Waals surface area contributed by atoms with Gasteiger partial charge in [0, 0.05) is 12.0 Å². The van der Waals surface area contributed by atoms with Crippen LogP contribution in [-0.2, 0) is 20.8 Å². The fourth-order valence-corrected chi connectivity index (χ4v) is 3.23. The monoisotopic (exact) mass is 392 g/mol. The minimum absolute atomic E-state index is 0.172. The molecule has 28 heavy (non-hydrogen) atoms. The average Bonchev–Trinajstić information content (AvgIpc) is 2.63. The van der Waals surface area contributed by atoms with Crippen LogP contribution < -0.4 is 14.8 Å². The van der Waals surface area contributed by atoms with E-state index in [0.29, 0.717) is 24.5 Å². The number of benzene rings is 1. The molecule has 1 unspecified atom stereocenters. The second-order valence-corrected chi connectivity index (χ2v) is 7.79. The van der Waals surface area contributed by atoms with Crippen LogP contribution in [0, 0.1) is 5.41 Å². The van der Waals surface area contributed by atoms with E-state index in [2.05, 4.69) is 5.32 Å². The molecule has 0 bridgehead atoms. The van der Waals surface area contributed by atoms with Gasteiger partial charge in [0.25, 0.3) is 0 Å². The SMILES string of the molecule is COc1cc2c(cc1OC)C(CC(=O)O)N(C(=O)CNC(=O)C(C)(C)C)CC2. The van der Waals surface area contributed by atoms with Crippen LogP contribution in [0.3, 0.4) is 0 Å². The van der Waals surface area contributed by atoms with Crippen molar-refractivity contribution >= 4 is 17.8 Å². The first-order valence-electron chi connectivity index (χ1n) is 9.12. The number of methoxy groups -OCH3 is 2. The zero-order valence-electron chi connectivity index (χ0n) is 17.0. The average molecular weight is 392 g/mol. The van der Waals surface area contributed by atoms with Crippen molar-refractivity contribution in [3.63, 3.8) is 0 Å². The van der Waals surface area contributed by atoms with Gasteiger partial charge in [-0.15, -0.1) is 0 Å². The number of carboxylic acid groups (broad SMARTS) is 1. The Hall–Kier alpha value is -2.77. The molecule has 1 aromatic rings. The van der Waals surface area contributed by atoms with Gasteiger partial charge in [0.1, 0.15) is 0 Å². The first-order valence-corrected chi connectivity index (χ1v) is 9.12. The molecule has 1 atom stereocenters. The van der Waals surface area contributed by atoms with Crippen LogP contribution in [0.15, 0.2) is 12.1 Å². The third-order valence-electron chi connectivity index (χ3n) is 4.77.